The molecule has 4 nitrogen and oxygen atoms in total. The Morgan fingerprint density at radius 1 is 1.58 bits per heavy atom. The summed E-state index contributed by atoms with van der Waals surface area (Å²) in [5.41, 5.74) is 5.70. The lowest BCUT2D eigenvalue weighted by Gasteiger charge is -2.00. The lowest BCUT2D eigenvalue weighted by molar-refractivity contribution is -0.385. The smallest absolute Gasteiger partial charge is 0.303 e. The highest BCUT2D eigenvalue weighted by Crippen LogP contribution is 2.33. The first kappa shape index (κ1) is 9.53. The van der Waals surface area contributed by atoms with Crippen molar-refractivity contribution in [2.45, 2.75) is 0 Å². The van der Waals surface area contributed by atoms with Gasteiger partial charge in [-0.25, -0.2) is 0 Å². The van der Waals surface area contributed by atoms with Crippen molar-refractivity contribution in [1.82, 2.24) is 0 Å². The van der Waals surface area contributed by atoms with Gasteiger partial charge in [-0.3, -0.25) is 10.1 Å². The molecule has 0 amide bonds. The highest BCUT2D eigenvalue weighted by atomic mass is 127. The number of nitrogens with two attached hydrogens (primary N) is 1. The molecule has 1 rings (SSSR count). The van der Waals surface area contributed by atoms with Crippen molar-refractivity contribution in [3.8, 4) is 0 Å². The summed E-state index contributed by atoms with van der Waals surface area (Å²) in [4.78, 5) is 9.91. The van der Waals surface area contributed by atoms with Crippen molar-refractivity contribution < 1.29 is 4.92 Å². The minimum atomic E-state index is -0.541. The van der Waals surface area contributed by atoms with Crippen molar-refractivity contribution >= 4 is 45.6 Å². The summed E-state index contributed by atoms with van der Waals surface area (Å²) in [6, 6.07) is 2.95. The Bertz CT molecular complexity index is 343. The number of rotatable bonds is 1. The molecule has 0 aliphatic carbocycles. The van der Waals surface area contributed by atoms with E-state index in [1.165, 1.54) is 12.1 Å². The van der Waals surface area contributed by atoms with E-state index in [0.29, 0.717) is 9.26 Å². The largest absolute Gasteiger partial charge is 0.398 e. The Morgan fingerprint density at radius 2 is 2.17 bits per heavy atom. The Kier molecular flexibility index (Phi) is 2.73. The number of anilines is 1. The van der Waals surface area contributed by atoms with Crippen molar-refractivity contribution in [3.63, 3.8) is 0 Å². The lowest BCUT2D eigenvalue weighted by Crippen LogP contribution is -1.97. The van der Waals surface area contributed by atoms with E-state index in [-0.39, 0.29) is 10.7 Å². The maximum absolute atomic E-state index is 10.5. The van der Waals surface area contributed by atoms with Crippen LogP contribution in [0.2, 0.25) is 5.02 Å². The van der Waals surface area contributed by atoms with Crippen molar-refractivity contribution in [3.05, 3.63) is 30.8 Å². The fourth-order valence-electron chi connectivity index (χ4n) is 0.724. The summed E-state index contributed by atoms with van der Waals surface area (Å²) in [6.07, 6.45) is 0. The molecule has 0 atom stereocenters. The molecule has 0 bridgehead atoms. The standard InChI is InChI=1S/C6H4ClIN2O2/c7-3-1-2-4(9)5(8)6(3)10(11)12/h1-2H,9H2. The average molecular weight is 298 g/mol. The van der Waals surface area contributed by atoms with Crippen LogP contribution in [0.15, 0.2) is 12.1 Å². The molecule has 0 saturated heterocycles. The third-order valence-corrected chi connectivity index (χ3v) is 2.72. The molecule has 0 aliphatic heterocycles. The van der Waals surface area contributed by atoms with Crippen LogP contribution in [0.1, 0.15) is 0 Å². The first-order chi connectivity index (χ1) is 5.54. The summed E-state index contributed by atoms with van der Waals surface area (Å²) in [6.45, 7) is 0. The summed E-state index contributed by atoms with van der Waals surface area (Å²) < 4.78 is 0.380. The highest BCUT2D eigenvalue weighted by Gasteiger charge is 2.18. The molecule has 0 saturated carbocycles. The number of halogens is 2. The van der Waals surface area contributed by atoms with Gasteiger partial charge in [0.25, 0.3) is 0 Å². The van der Waals surface area contributed by atoms with E-state index in [9.17, 15) is 10.1 Å². The normalized spacial score (nSPS) is 9.83. The average Bonchev–Trinajstić information content (AvgIpc) is 1.97. The molecule has 12 heavy (non-hydrogen) atoms. The van der Waals surface area contributed by atoms with Crippen LogP contribution < -0.4 is 5.73 Å². The molecule has 0 spiro atoms. The Hall–Kier alpha value is -0.560. The molecule has 0 aromatic heterocycles. The summed E-state index contributed by atoms with van der Waals surface area (Å²) in [5, 5.41) is 10.6. The molecular formula is C6H4ClIN2O2. The summed E-state index contributed by atoms with van der Waals surface area (Å²) >= 11 is 7.39. The van der Waals surface area contributed by atoms with Crippen LogP contribution in [0.3, 0.4) is 0 Å². The van der Waals surface area contributed by atoms with E-state index in [1.54, 1.807) is 22.6 Å². The number of nitrogen functional groups attached to an aromatic ring is 1. The second kappa shape index (κ2) is 3.44. The predicted octanol–water partition coefficient (Wildman–Crippen LogP) is 2.44. The number of hydrogen-bond donors (Lipinski definition) is 1. The van der Waals surface area contributed by atoms with Gasteiger partial charge in [-0.15, -0.1) is 0 Å². The minimum absolute atomic E-state index is 0.110. The molecule has 0 unspecified atom stereocenters. The lowest BCUT2D eigenvalue weighted by atomic mass is 10.3. The number of hydrogen-bond acceptors (Lipinski definition) is 3. The van der Waals surface area contributed by atoms with Crippen molar-refractivity contribution in [2.75, 3.05) is 5.73 Å². The molecule has 6 heteroatoms. The van der Waals surface area contributed by atoms with Crippen LogP contribution in [-0.4, -0.2) is 4.92 Å². The van der Waals surface area contributed by atoms with E-state index < -0.39 is 4.92 Å². The second-order valence-electron chi connectivity index (χ2n) is 2.06. The van der Waals surface area contributed by atoms with E-state index in [0.717, 1.165) is 0 Å². The topological polar surface area (TPSA) is 69.2 Å². The van der Waals surface area contributed by atoms with Gasteiger partial charge in [0.1, 0.15) is 8.59 Å². The number of benzene rings is 1. The minimum Gasteiger partial charge on any atom is -0.398 e. The molecule has 64 valence electrons. The molecule has 0 radical (unpaired) electrons. The van der Waals surface area contributed by atoms with Crippen molar-refractivity contribution in [2.24, 2.45) is 0 Å². The second-order valence-corrected chi connectivity index (χ2v) is 3.54. The summed E-state index contributed by atoms with van der Waals surface area (Å²) in [5.74, 6) is 0. The number of nitrogens with zero attached hydrogens (tertiary/aromatic N) is 1. The quantitative estimate of drug-likeness (QED) is 0.375. The third kappa shape index (κ3) is 1.61. The van der Waals surface area contributed by atoms with Gasteiger partial charge in [0.05, 0.1) is 10.6 Å². The number of nitro benzene ring substituents is 1. The molecule has 0 aliphatic rings. The first-order valence-electron chi connectivity index (χ1n) is 2.92. The van der Waals surface area contributed by atoms with Gasteiger partial charge >= 0.3 is 5.69 Å². The van der Waals surface area contributed by atoms with Gasteiger partial charge in [-0.2, -0.15) is 0 Å². The van der Waals surface area contributed by atoms with Gasteiger partial charge in [0, 0.05) is 0 Å². The van der Waals surface area contributed by atoms with E-state index in [1.807, 2.05) is 0 Å². The molecule has 0 fully saturated rings. The van der Waals surface area contributed by atoms with Gasteiger partial charge in [0.15, 0.2) is 0 Å². The molecule has 1 aromatic carbocycles. The van der Waals surface area contributed by atoms with Crippen LogP contribution in [-0.2, 0) is 0 Å². The van der Waals surface area contributed by atoms with Crippen molar-refractivity contribution in [1.29, 1.82) is 0 Å². The fourth-order valence-corrected chi connectivity index (χ4v) is 1.78. The van der Waals surface area contributed by atoms with Crippen LogP contribution in [0.25, 0.3) is 0 Å². The van der Waals surface area contributed by atoms with Gasteiger partial charge in [0.2, 0.25) is 0 Å². The zero-order valence-electron chi connectivity index (χ0n) is 5.75. The number of nitro groups is 1. The maximum Gasteiger partial charge on any atom is 0.303 e. The Morgan fingerprint density at radius 3 is 2.58 bits per heavy atom. The molecule has 1 aromatic rings. The van der Waals surface area contributed by atoms with Crippen LogP contribution >= 0.6 is 34.2 Å². The SMILES string of the molecule is Nc1ccc(Cl)c([N+](=O)[O-])c1I. The summed E-state index contributed by atoms with van der Waals surface area (Å²) in [7, 11) is 0. The highest BCUT2D eigenvalue weighted by molar-refractivity contribution is 14.1. The monoisotopic (exact) mass is 298 g/mol. The van der Waals surface area contributed by atoms with Crippen LogP contribution in [0, 0.1) is 13.7 Å². The van der Waals surface area contributed by atoms with Gasteiger partial charge in [-0.05, 0) is 34.7 Å². The zero-order valence-corrected chi connectivity index (χ0v) is 8.67. The van der Waals surface area contributed by atoms with Gasteiger partial charge in [-0.1, -0.05) is 11.6 Å². The van der Waals surface area contributed by atoms with E-state index >= 15 is 0 Å². The fraction of sp³-hybridized carbons (Fsp3) is 0. The van der Waals surface area contributed by atoms with Gasteiger partial charge < -0.3 is 5.73 Å². The van der Waals surface area contributed by atoms with Crippen LogP contribution in [0.4, 0.5) is 11.4 Å². The van der Waals surface area contributed by atoms with E-state index in [2.05, 4.69) is 0 Å². The zero-order chi connectivity index (χ0) is 9.30. The predicted molar refractivity (Wildman–Crippen MR) is 55.2 cm³/mol. The Labute approximate surface area is 87.0 Å². The maximum atomic E-state index is 10.5. The Balaban J connectivity index is 3.43. The molecule has 2 N–H and O–H groups in total. The third-order valence-electron chi connectivity index (χ3n) is 1.28. The molecule has 0 heterocycles. The van der Waals surface area contributed by atoms with Crippen LogP contribution in [0.5, 0.6) is 0 Å². The molecular weight excluding hydrogens is 294 g/mol. The first-order valence-corrected chi connectivity index (χ1v) is 4.37. The van der Waals surface area contributed by atoms with E-state index in [4.69, 9.17) is 17.3 Å².